The molecule has 1 N–H and O–H groups in total. The van der Waals surface area contributed by atoms with Crippen molar-refractivity contribution in [3.8, 4) is 0 Å². The highest BCUT2D eigenvalue weighted by molar-refractivity contribution is 6.42. The Labute approximate surface area is 194 Å². The van der Waals surface area contributed by atoms with Crippen LogP contribution in [0.2, 0.25) is 10.0 Å². The Morgan fingerprint density at radius 1 is 0.871 bits per heavy atom. The van der Waals surface area contributed by atoms with Gasteiger partial charge >= 0.3 is 6.03 Å². The number of hydrogen-bond donors (Lipinski definition) is 1. The first-order valence-corrected chi connectivity index (χ1v) is 11.8. The Balaban J connectivity index is 1.16. The average molecular weight is 461 g/mol. The summed E-state index contributed by atoms with van der Waals surface area (Å²) >= 11 is 12.0. The van der Waals surface area contributed by atoms with E-state index in [1.807, 2.05) is 4.90 Å². The van der Waals surface area contributed by atoms with Crippen LogP contribution >= 0.6 is 23.2 Å². The molecule has 166 valence electrons. The van der Waals surface area contributed by atoms with E-state index >= 15 is 0 Å². The molecule has 4 rings (SSSR count). The minimum absolute atomic E-state index is 0.0766. The smallest absolute Gasteiger partial charge is 0.321 e. The van der Waals surface area contributed by atoms with E-state index in [9.17, 15) is 4.79 Å². The fraction of sp³-hybridized carbons (Fsp3) is 0.458. The van der Waals surface area contributed by atoms with Gasteiger partial charge in [-0.2, -0.15) is 0 Å². The van der Waals surface area contributed by atoms with Gasteiger partial charge in [-0.3, -0.25) is 9.80 Å². The van der Waals surface area contributed by atoms with E-state index in [0.29, 0.717) is 15.7 Å². The minimum atomic E-state index is -0.0766. The van der Waals surface area contributed by atoms with Gasteiger partial charge in [0.05, 0.1) is 10.0 Å². The molecule has 0 unspecified atom stereocenters. The number of halogens is 2. The molecule has 0 bridgehead atoms. The van der Waals surface area contributed by atoms with Crippen molar-refractivity contribution >= 4 is 34.9 Å². The Morgan fingerprint density at radius 2 is 1.58 bits per heavy atom. The highest BCUT2D eigenvalue weighted by Crippen LogP contribution is 2.25. The van der Waals surface area contributed by atoms with Gasteiger partial charge in [-0.05, 0) is 55.6 Å². The third-order valence-corrected chi connectivity index (χ3v) is 7.04. The summed E-state index contributed by atoms with van der Waals surface area (Å²) < 4.78 is 0. The normalized spacial score (nSPS) is 18.8. The molecule has 2 aromatic rings. The zero-order valence-corrected chi connectivity index (χ0v) is 19.3. The Bertz CT molecular complexity index is 863. The number of carbonyl (C=O) groups excluding carboxylic acids is 1. The fourth-order valence-corrected chi connectivity index (χ4v) is 4.74. The van der Waals surface area contributed by atoms with Crippen LogP contribution in [0.15, 0.2) is 48.5 Å². The van der Waals surface area contributed by atoms with E-state index in [0.717, 1.165) is 45.2 Å². The second-order valence-electron chi connectivity index (χ2n) is 8.55. The van der Waals surface area contributed by atoms with E-state index in [1.165, 1.54) is 31.5 Å². The van der Waals surface area contributed by atoms with Crippen molar-refractivity contribution < 1.29 is 4.79 Å². The van der Waals surface area contributed by atoms with Gasteiger partial charge in [-0.25, -0.2) is 4.79 Å². The minimum Gasteiger partial charge on any atom is -0.322 e. The van der Waals surface area contributed by atoms with Gasteiger partial charge in [0.2, 0.25) is 0 Å². The number of benzene rings is 2. The van der Waals surface area contributed by atoms with E-state index in [-0.39, 0.29) is 6.03 Å². The van der Waals surface area contributed by atoms with Crippen molar-refractivity contribution in [3.05, 3.63) is 64.1 Å². The summed E-state index contributed by atoms with van der Waals surface area (Å²) in [5, 5.41) is 3.85. The number of nitrogens with zero attached hydrogens (tertiary/aromatic N) is 3. The van der Waals surface area contributed by atoms with Crippen molar-refractivity contribution in [2.24, 2.45) is 5.92 Å². The van der Waals surface area contributed by atoms with E-state index in [2.05, 4.69) is 45.4 Å². The maximum absolute atomic E-state index is 12.6. The largest absolute Gasteiger partial charge is 0.322 e. The lowest BCUT2D eigenvalue weighted by Gasteiger charge is -2.38. The molecular weight excluding hydrogens is 431 g/mol. The third-order valence-electron chi connectivity index (χ3n) is 6.30. The van der Waals surface area contributed by atoms with E-state index in [1.54, 1.807) is 18.2 Å². The van der Waals surface area contributed by atoms with Gasteiger partial charge in [0.1, 0.15) is 0 Å². The highest BCUT2D eigenvalue weighted by atomic mass is 35.5. The van der Waals surface area contributed by atoms with Crippen LogP contribution in [0.5, 0.6) is 0 Å². The number of piperazine rings is 1. The quantitative estimate of drug-likeness (QED) is 0.677. The first-order valence-electron chi connectivity index (χ1n) is 11.1. The van der Waals surface area contributed by atoms with E-state index in [4.69, 9.17) is 23.2 Å². The van der Waals surface area contributed by atoms with Crippen LogP contribution in [-0.2, 0) is 6.54 Å². The van der Waals surface area contributed by atoms with Crippen molar-refractivity contribution in [2.75, 3.05) is 51.1 Å². The molecule has 0 saturated carbocycles. The number of hydrogen-bond acceptors (Lipinski definition) is 3. The number of urea groups is 1. The van der Waals surface area contributed by atoms with Crippen LogP contribution in [0.1, 0.15) is 18.4 Å². The van der Waals surface area contributed by atoms with Gasteiger partial charge in [0.25, 0.3) is 0 Å². The number of rotatable bonds is 5. The Morgan fingerprint density at radius 3 is 2.26 bits per heavy atom. The summed E-state index contributed by atoms with van der Waals surface area (Å²) in [5.74, 6) is 0.753. The zero-order chi connectivity index (χ0) is 21.6. The van der Waals surface area contributed by atoms with Crippen LogP contribution in [0.25, 0.3) is 0 Å². The van der Waals surface area contributed by atoms with Crippen molar-refractivity contribution in [3.63, 3.8) is 0 Å². The van der Waals surface area contributed by atoms with Crippen LogP contribution in [0, 0.1) is 5.92 Å². The average Bonchev–Trinajstić information content (AvgIpc) is 2.79. The second kappa shape index (κ2) is 10.7. The SMILES string of the molecule is O=C(Nc1ccc(Cl)c(Cl)c1)N1CCN(CC2CCN(Cc3ccccc3)CC2)CC1. The molecule has 0 aromatic heterocycles. The topological polar surface area (TPSA) is 38.8 Å². The number of carbonyl (C=O) groups is 1. The highest BCUT2D eigenvalue weighted by Gasteiger charge is 2.25. The van der Waals surface area contributed by atoms with Crippen molar-refractivity contribution in [1.29, 1.82) is 0 Å². The summed E-state index contributed by atoms with van der Waals surface area (Å²) in [5.41, 5.74) is 2.07. The molecule has 5 nitrogen and oxygen atoms in total. The summed E-state index contributed by atoms with van der Waals surface area (Å²) in [7, 11) is 0. The molecule has 2 aliphatic rings. The Hall–Kier alpha value is -1.79. The molecule has 2 amide bonds. The van der Waals surface area contributed by atoms with Crippen molar-refractivity contribution in [2.45, 2.75) is 19.4 Å². The molecule has 0 atom stereocenters. The molecule has 0 aliphatic carbocycles. The summed E-state index contributed by atoms with van der Waals surface area (Å²) in [6, 6.07) is 15.8. The number of nitrogens with one attached hydrogen (secondary N) is 1. The lowest BCUT2D eigenvalue weighted by Crippen LogP contribution is -2.51. The molecular formula is C24H30Cl2N4O. The maximum Gasteiger partial charge on any atom is 0.321 e. The number of likely N-dealkylation sites (tertiary alicyclic amines) is 1. The van der Waals surface area contributed by atoms with Gasteiger partial charge in [0, 0.05) is 45.0 Å². The summed E-state index contributed by atoms with van der Waals surface area (Å²) in [4.78, 5) is 19.5. The van der Waals surface area contributed by atoms with Gasteiger partial charge in [0.15, 0.2) is 0 Å². The van der Waals surface area contributed by atoms with Crippen LogP contribution < -0.4 is 5.32 Å². The van der Waals surface area contributed by atoms with Gasteiger partial charge < -0.3 is 10.2 Å². The molecule has 2 aliphatic heterocycles. The maximum atomic E-state index is 12.6. The third kappa shape index (κ3) is 6.36. The molecule has 2 aromatic carbocycles. The number of anilines is 1. The van der Waals surface area contributed by atoms with Crippen LogP contribution in [0.3, 0.4) is 0 Å². The molecule has 7 heteroatoms. The van der Waals surface area contributed by atoms with Crippen LogP contribution in [-0.4, -0.2) is 66.5 Å². The van der Waals surface area contributed by atoms with Gasteiger partial charge in [-0.1, -0.05) is 53.5 Å². The zero-order valence-electron chi connectivity index (χ0n) is 17.8. The lowest BCUT2D eigenvalue weighted by molar-refractivity contribution is 0.105. The molecule has 0 radical (unpaired) electrons. The van der Waals surface area contributed by atoms with Crippen LogP contribution in [0.4, 0.5) is 10.5 Å². The first kappa shape index (κ1) is 22.4. The molecule has 2 fully saturated rings. The number of amides is 2. The van der Waals surface area contributed by atoms with Crippen molar-refractivity contribution in [1.82, 2.24) is 14.7 Å². The standard InChI is InChI=1S/C24H30Cl2N4O/c25-22-7-6-21(16-23(22)26)27-24(31)30-14-12-29(13-15-30)18-20-8-10-28(11-9-20)17-19-4-2-1-3-5-19/h1-7,16,20H,8-15,17-18H2,(H,27,31). The monoisotopic (exact) mass is 460 g/mol. The summed E-state index contributed by atoms with van der Waals surface area (Å²) in [6.45, 7) is 7.90. The molecule has 2 heterocycles. The molecule has 31 heavy (non-hydrogen) atoms. The van der Waals surface area contributed by atoms with E-state index < -0.39 is 0 Å². The second-order valence-corrected chi connectivity index (χ2v) is 9.37. The predicted molar refractivity (Wildman–Crippen MR) is 128 cm³/mol. The predicted octanol–water partition coefficient (Wildman–Crippen LogP) is 5.06. The fourth-order valence-electron chi connectivity index (χ4n) is 4.44. The number of piperidine rings is 1. The molecule has 0 spiro atoms. The van der Waals surface area contributed by atoms with Gasteiger partial charge in [-0.15, -0.1) is 0 Å². The lowest BCUT2D eigenvalue weighted by atomic mass is 9.95. The molecule has 2 saturated heterocycles. The summed E-state index contributed by atoms with van der Waals surface area (Å²) in [6.07, 6.45) is 2.51. The first-order chi connectivity index (χ1) is 15.1. The Kier molecular flexibility index (Phi) is 7.72.